The van der Waals surface area contributed by atoms with Gasteiger partial charge in [-0.25, -0.2) is 4.79 Å². The van der Waals surface area contributed by atoms with Crippen LogP contribution in [0.1, 0.15) is 12.5 Å². The van der Waals surface area contributed by atoms with Gasteiger partial charge in [-0.15, -0.1) is 0 Å². The van der Waals surface area contributed by atoms with Crippen LogP contribution in [0.2, 0.25) is 15.1 Å². The summed E-state index contributed by atoms with van der Waals surface area (Å²) in [5, 5.41) is 5.49. The highest BCUT2D eigenvalue weighted by Crippen LogP contribution is 2.33. The molecular formula is C21H19Cl3N2O5. The van der Waals surface area contributed by atoms with Gasteiger partial charge in [0.15, 0.2) is 6.61 Å². The maximum Gasteiger partial charge on any atom is 0.328 e. The third-order valence-corrected chi connectivity index (χ3v) is 4.69. The average Bonchev–Trinajstić information content (AvgIpc) is 2.73. The van der Waals surface area contributed by atoms with Crippen molar-refractivity contribution < 1.29 is 23.9 Å². The molecule has 2 aromatic carbocycles. The number of hydrogen-bond donors (Lipinski definition) is 2. The highest BCUT2D eigenvalue weighted by molar-refractivity contribution is 6.42. The van der Waals surface area contributed by atoms with Crippen molar-refractivity contribution in [3.63, 3.8) is 0 Å². The highest BCUT2D eigenvalue weighted by Gasteiger charge is 2.18. The molecule has 0 saturated heterocycles. The number of halogens is 3. The fourth-order valence-electron chi connectivity index (χ4n) is 2.31. The van der Waals surface area contributed by atoms with E-state index in [2.05, 4.69) is 10.6 Å². The second kappa shape index (κ2) is 11.6. The second-order valence-electron chi connectivity index (χ2n) is 6.24. The van der Waals surface area contributed by atoms with Gasteiger partial charge in [-0.2, -0.15) is 0 Å². The number of carbonyl (C=O) groups excluding carboxylic acids is 3. The first-order chi connectivity index (χ1) is 14.7. The zero-order valence-corrected chi connectivity index (χ0v) is 18.8. The molecule has 0 spiro atoms. The number of hydrogen-bond acceptors (Lipinski definition) is 5. The van der Waals surface area contributed by atoms with Crippen LogP contribution in [0.15, 0.2) is 42.5 Å². The maximum atomic E-state index is 12.0. The van der Waals surface area contributed by atoms with E-state index in [1.165, 1.54) is 25.1 Å². The number of nitrogens with one attached hydrogen (secondary N) is 2. The average molecular weight is 486 g/mol. The summed E-state index contributed by atoms with van der Waals surface area (Å²) in [6.07, 6.45) is 2.86. The smallest absolute Gasteiger partial charge is 0.328 e. The Morgan fingerprint density at radius 2 is 1.68 bits per heavy atom. The van der Waals surface area contributed by atoms with Crippen LogP contribution in [-0.4, -0.2) is 37.5 Å². The SMILES string of the molecule is COc1ccc(C=CC(=O)NC(C)C(=O)OCC(=O)Nc2c(Cl)cc(Cl)cc2Cl)cc1. The third-order valence-electron chi connectivity index (χ3n) is 3.87. The summed E-state index contributed by atoms with van der Waals surface area (Å²) in [5.41, 5.74) is 0.932. The molecule has 2 aromatic rings. The molecule has 7 nitrogen and oxygen atoms in total. The van der Waals surface area contributed by atoms with Crippen molar-refractivity contribution in [2.24, 2.45) is 0 Å². The zero-order chi connectivity index (χ0) is 23.0. The van der Waals surface area contributed by atoms with Gasteiger partial charge in [0.1, 0.15) is 11.8 Å². The summed E-state index contributed by atoms with van der Waals surface area (Å²) in [4.78, 5) is 36.0. The van der Waals surface area contributed by atoms with Gasteiger partial charge < -0.3 is 20.1 Å². The van der Waals surface area contributed by atoms with Crippen LogP contribution in [0.25, 0.3) is 6.08 Å². The Morgan fingerprint density at radius 3 is 2.26 bits per heavy atom. The molecule has 0 heterocycles. The number of rotatable bonds is 8. The Bertz CT molecular complexity index is 970. The molecule has 2 amide bonds. The molecule has 0 fully saturated rings. The molecule has 0 radical (unpaired) electrons. The predicted molar refractivity (Wildman–Crippen MR) is 121 cm³/mol. The minimum Gasteiger partial charge on any atom is -0.497 e. The van der Waals surface area contributed by atoms with Crippen LogP contribution < -0.4 is 15.4 Å². The van der Waals surface area contributed by atoms with Gasteiger partial charge in [-0.3, -0.25) is 9.59 Å². The Kier molecular flexibility index (Phi) is 9.18. The van der Waals surface area contributed by atoms with E-state index in [-0.39, 0.29) is 15.7 Å². The lowest BCUT2D eigenvalue weighted by Gasteiger charge is -2.13. The Hall–Kier alpha value is -2.74. The van der Waals surface area contributed by atoms with E-state index >= 15 is 0 Å². The van der Waals surface area contributed by atoms with Gasteiger partial charge in [0.25, 0.3) is 5.91 Å². The van der Waals surface area contributed by atoms with Crippen molar-refractivity contribution in [3.8, 4) is 5.75 Å². The van der Waals surface area contributed by atoms with Crippen LogP contribution in [0.3, 0.4) is 0 Å². The molecule has 1 atom stereocenters. The minimum absolute atomic E-state index is 0.140. The lowest BCUT2D eigenvalue weighted by atomic mass is 10.2. The van der Waals surface area contributed by atoms with Crippen molar-refractivity contribution in [1.82, 2.24) is 5.32 Å². The topological polar surface area (TPSA) is 93.7 Å². The molecule has 10 heteroatoms. The van der Waals surface area contributed by atoms with Crippen LogP contribution in [0, 0.1) is 0 Å². The number of methoxy groups -OCH3 is 1. The summed E-state index contributed by atoms with van der Waals surface area (Å²) >= 11 is 17.8. The molecule has 0 saturated carbocycles. The molecule has 1 unspecified atom stereocenters. The van der Waals surface area contributed by atoms with Gasteiger partial charge in [0.2, 0.25) is 5.91 Å². The van der Waals surface area contributed by atoms with E-state index in [0.717, 1.165) is 5.56 Å². The first kappa shape index (κ1) is 24.5. The molecule has 0 bridgehead atoms. The number of anilines is 1. The van der Waals surface area contributed by atoms with Crippen LogP contribution in [0.4, 0.5) is 5.69 Å². The van der Waals surface area contributed by atoms with E-state index in [4.69, 9.17) is 44.3 Å². The van der Waals surface area contributed by atoms with E-state index in [0.29, 0.717) is 10.8 Å². The summed E-state index contributed by atoms with van der Waals surface area (Å²) in [6, 6.07) is 8.92. The Balaban J connectivity index is 1.81. The first-order valence-corrected chi connectivity index (χ1v) is 10.1. The quantitative estimate of drug-likeness (QED) is 0.428. The van der Waals surface area contributed by atoms with Gasteiger partial charge >= 0.3 is 5.97 Å². The fourth-order valence-corrected chi connectivity index (χ4v) is 3.22. The van der Waals surface area contributed by atoms with E-state index in [1.54, 1.807) is 37.5 Å². The van der Waals surface area contributed by atoms with Crippen LogP contribution >= 0.6 is 34.8 Å². The Labute approximate surface area is 194 Å². The predicted octanol–water partition coefficient (Wildman–Crippen LogP) is 4.36. The second-order valence-corrected chi connectivity index (χ2v) is 7.49. The van der Waals surface area contributed by atoms with Crippen molar-refractivity contribution in [2.45, 2.75) is 13.0 Å². The van der Waals surface area contributed by atoms with Gasteiger partial charge in [-0.1, -0.05) is 46.9 Å². The van der Waals surface area contributed by atoms with Crippen molar-refractivity contribution in [3.05, 3.63) is 63.1 Å². The van der Waals surface area contributed by atoms with E-state index < -0.39 is 30.4 Å². The number of esters is 1. The first-order valence-electron chi connectivity index (χ1n) is 8.93. The molecule has 31 heavy (non-hydrogen) atoms. The zero-order valence-electron chi connectivity index (χ0n) is 16.6. The largest absolute Gasteiger partial charge is 0.497 e. The van der Waals surface area contributed by atoms with Crippen LogP contribution in [0.5, 0.6) is 5.75 Å². The number of ether oxygens (including phenoxy) is 2. The number of benzene rings is 2. The van der Waals surface area contributed by atoms with Gasteiger partial charge in [0, 0.05) is 11.1 Å². The summed E-state index contributed by atoms with van der Waals surface area (Å²) < 4.78 is 9.98. The van der Waals surface area contributed by atoms with Crippen LogP contribution in [-0.2, 0) is 19.1 Å². The lowest BCUT2D eigenvalue weighted by molar-refractivity contribution is -0.149. The maximum absolute atomic E-state index is 12.0. The van der Waals surface area contributed by atoms with Crippen molar-refractivity contribution in [1.29, 1.82) is 0 Å². The summed E-state index contributed by atoms with van der Waals surface area (Å²) in [7, 11) is 1.56. The fraction of sp³-hybridized carbons (Fsp3) is 0.190. The summed E-state index contributed by atoms with van der Waals surface area (Å²) in [5.74, 6) is -1.24. The molecule has 2 N–H and O–H groups in total. The number of amides is 2. The standard InChI is InChI=1S/C21H19Cl3N2O5/c1-12(25-18(27)8-5-13-3-6-15(30-2)7-4-13)21(29)31-11-19(28)26-20-16(23)9-14(22)10-17(20)24/h3-10,12H,11H2,1-2H3,(H,25,27)(H,26,28). The molecule has 0 aromatic heterocycles. The molecule has 0 aliphatic rings. The molecule has 164 valence electrons. The molecule has 2 rings (SSSR count). The lowest BCUT2D eigenvalue weighted by Crippen LogP contribution is -2.39. The molecule has 0 aliphatic carbocycles. The van der Waals surface area contributed by atoms with E-state index in [1.807, 2.05) is 0 Å². The van der Waals surface area contributed by atoms with Crippen molar-refractivity contribution >= 4 is 64.3 Å². The molecule has 0 aliphatic heterocycles. The normalized spacial score (nSPS) is 11.6. The monoisotopic (exact) mass is 484 g/mol. The van der Waals surface area contributed by atoms with Crippen molar-refractivity contribution in [2.75, 3.05) is 19.0 Å². The van der Waals surface area contributed by atoms with Gasteiger partial charge in [0.05, 0.1) is 22.8 Å². The minimum atomic E-state index is -0.969. The summed E-state index contributed by atoms with van der Waals surface area (Å²) in [6.45, 7) is 0.850. The highest BCUT2D eigenvalue weighted by atomic mass is 35.5. The molecular weight excluding hydrogens is 467 g/mol. The van der Waals surface area contributed by atoms with Gasteiger partial charge in [-0.05, 0) is 42.8 Å². The number of carbonyl (C=O) groups is 3. The van der Waals surface area contributed by atoms with E-state index in [9.17, 15) is 14.4 Å². The third kappa shape index (κ3) is 7.79. The Morgan fingerprint density at radius 1 is 1.06 bits per heavy atom.